The molecule has 0 saturated heterocycles. The van der Waals surface area contributed by atoms with Crippen LogP contribution in [0, 0.1) is 11.3 Å². The zero-order chi connectivity index (χ0) is 16.9. The number of hydrogen-bond donors (Lipinski definition) is 2. The molecule has 1 aliphatic rings. The SMILES string of the molecule is CN=C(NCC1CC1c1ccccc1)NCC(OC)C(C)(C)C. The lowest BCUT2D eigenvalue weighted by Gasteiger charge is -2.30. The van der Waals surface area contributed by atoms with Gasteiger partial charge in [0.15, 0.2) is 5.96 Å². The van der Waals surface area contributed by atoms with Crippen LogP contribution in [0.3, 0.4) is 0 Å². The third-order valence-corrected chi connectivity index (χ3v) is 4.61. The second-order valence-electron chi connectivity index (χ2n) is 7.44. The number of ether oxygens (including phenoxy) is 1. The number of guanidine groups is 1. The Balaban J connectivity index is 1.74. The molecule has 3 unspecified atom stereocenters. The van der Waals surface area contributed by atoms with E-state index in [9.17, 15) is 0 Å². The summed E-state index contributed by atoms with van der Waals surface area (Å²) in [7, 11) is 3.58. The van der Waals surface area contributed by atoms with Crippen molar-refractivity contribution in [3.05, 3.63) is 35.9 Å². The zero-order valence-corrected chi connectivity index (χ0v) is 15.1. The first kappa shape index (κ1) is 17.8. The van der Waals surface area contributed by atoms with Crippen molar-refractivity contribution < 1.29 is 4.74 Å². The van der Waals surface area contributed by atoms with Gasteiger partial charge in [0.25, 0.3) is 0 Å². The summed E-state index contributed by atoms with van der Waals surface area (Å²) >= 11 is 0. The molecule has 1 fully saturated rings. The lowest BCUT2D eigenvalue weighted by Crippen LogP contribution is -2.45. The van der Waals surface area contributed by atoms with Gasteiger partial charge in [-0.2, -0.15) is 0 Å². The first-order valence-corrected chi connectivity index (χ1v) is 8.48. The van der Waals surface area contributed by atoms with Gasteiger partial charge in [0, 0.05) is 27.2 Å². The van der Waals surface area contributed by atoms with E-state index in [1.54, 1.807) is 7.11 Å². The van der Waals surface area contributed by atoms with Gasteiger partial charge in [0.05, 0.1) is 6.10 Å². The molecule has 1 saturated carbocycles. The topological polar surface area (TPSA) is 45.7 Å². The number of nitrogens with one attached hydrogen (secondary N) is 2. The molecule has 4 heteroatoms. The Morgan fingerprint density at radius 3 is 2.52 bits per heavy atom. The van der Waals surface area contributed by atoms with Crippen LogP contribution in [0.25, 0.3) is 0 Å². The summed E-state index contributed by atoms with van der Waals surface area (Å²) in [5.41, 5.74) is 1.56. The smallest absolute Gasteiger partial charge is 0.191 e. The van der Waals surface area contributed by atoms with Crippen LogP contribution < -0.4 is 10.6 Å². The van der Waals surface area contributed by atoms with Crippen molar-refractivity contribution in [3.63, 3.8) is 0 Å². The molecule has 1 aromatic rings. The van der Waals surface area contributed by atoms with Gasteiger partial charge in [-0.3, -0.25) is 4.99 Å². The van der Waals surface area contributed by atoms with E-state index in [1.807, 2.05) is 7.05 Å². The quantitative estimate of drug-likeness (QED) is 0.626. The summed E-state index contributed by atoms with van der Waals surface area (Å²) in [6.07, 6.45) is 1.41. The Labute approximate surface area is 140 Å². The fourth-order valence-electron chi connectivity index (χ4n) is 2.96. The zero-order valence-electron chi connectivity index (χ0n) is 15.1. The second-order valence-corrected chi connectivity index (χ2v) is 7.44. The Bertz CT molecular complexity index is 507. The van der Waals surface area contributed by atoms with E-state index in [0.717, 1.165) is 19.0 Å². The van der Waals surface area contributed by atoms with Crippen LogP contribution in [0.1, 0.15) is 38.7 Å². The van der Waals surface area contributed by atoms with E-state index in [2.05, 4.69) is 66.7 Å². The average Bonchev–Trinajstić information content (AvgIpc) is 3.30. The second kappa shape index (κ2) is 7.82. The molecule has 0 bridgehead atoms. The molecule has 1 aliphatic carbocycles. The highest BCUT2D eigenvalue weighted by atomic mass is 16.5. The van der Waals surface area contributed by atoms with E-state index in [-0.39, 0.29) is 11.5 Å². The third-order valence-electron chi connectivity index (χ3n) is 4.61. The first-order valence-electron chi connectivity index (χ1n) is 8.48. The predicted octanol–water partition coefficient (Wildman–Crippen LogP) is 3.02. The van der Waals surface area contributed by atoms with Gasteiger partial charge in [0.1, 0.15) is 0 Å². The summed E-state index contributed by atoms with van der Waals surface area (Å²) in [5.74, 6) is 2.26. The molecular weight excluding hydrogens is 286 g/mol. The number of rotatable bonds is 6. The van der Waals surface area contributed by atoms with Gasteiger partial charge in [-0.1, -0.05) is 51.1 Å². The summed E-state index contributed by atoms with van der Waals surface area (Å²) < 4.78 is 5.58. The highest BCUT2D eigenvalue weighted by Crippen LogP contribution is 2.46. The standard InChI is InChI=1S/C19H31N3O/c1-19(2,3)17(23-5)13-22-18(20-4)21-12-15-11-16(15)14-9-7-6-8-10-14/h6-10,15-17H,11-13H2,1-5H3,(H2,20,21,22). The average molecular weight is 317 g/mol. The van der Waals surface area contributed by atoms with E-state index < -0.39 is 0 Å². The number of methoxy groups -OCH3 is 1. The first-order chi connectivity index (χ1) is 11.0. The van der Waals surface area contributed by atoms with Gasteiger partial charge in [-0.05, 0) is 29.2 Å². The summed E-state index contributed by atoms with van der Waals surface area (Å²) in [4.78, 5) is 4.31. The van der Waals surface area contributed by atoms with E-state index in [0.29, 0.717) is 11.8 Å². The molecule has 0 spiro atoms. The Morgan fingerprint density at radius 2 is 1.96 bits per heavy atom. The summed E-state index contributed by atoms with van der Waals surface area (Å²) in [6, 6.07) is 10.8. The Hall–Kier alpha value is -1.55. The highest BCUT2D eigenvalue weighted by Gasteiger charge is 2.37. The van der Waals surface area contributed by atoms with Crippen molar-refractivity contribution in [1.29, 1.82) is 0 Å². The number of nitrogens with zero attached hydrogens (tertiary/aromatic N) is 1. The van der Waals surface area contributed by atoms with Crippen molar-refractivity contribution in [2.24, 2.45) is 16.3 Å². The lowest BCUT2D eigenvalue weighted by molar-refractivity contribution is 0.0205. The van der Waals surface area contributed by atoms with Crippen molar-refractivity contribution in [2.75, 3.05) is 27.2 Å². The maximum atomic E-state index is 5.58. The summed E-state index contributed by atoms with van der Waals surface area (Å²) in [6.45, 7) is 8.29. The van der Waals surface area contributed by atoms with Crippen molar-refractivity contribution in [3.8, 4) is 0 Å². The van der Waals surface area contributed by atoms with Crippen LogP contribution in [0.15, 0.2) is 35.3 Å². The largest absolute Gasteiger partial charge is 0.379 e. The van der Waals surface area contributed by atoms with E-state index >= 15 is 0 Å². The van der Waals surface area contributed by atoms with Gasteiger partial charge in [0.2, 0.25) is 0 Å². The molecule has 0 aliphatic heterocycles. The van der Waals surface area contributed by atoms with E-state index in [1.165, 1.54) is 12.0 Å². The molecule has 1 aromatic carbocycles. The molecule has 4 nitrogen and oxygen atoms in total. The number of hydrogen-bond acceptors (Lipinski definition) is 2. The fourth-order valence-corrected chi connectivity index (χ4v) is 2.96. The Kier molecular flexibility index (Phi) is 6.05. The van der Waals surface area contributed by atoms with Crippen LogP contribution in [0.2, 0.25) is 0 Å². The number of benzene rings is 1. The minimum absolute atomic E-state index is 0.107. The highest BCUT2D eigenvalue weighted by molar-refractivity contribution is 5.79. The monoisotopic (exact) mass is 317 g/mol. The molecule has 2 N–H and O–H groups in total. The Morgan fingerprint density at radius 1 is 1.26 bits per heavy atom. The molecule has 23 heavy (non-hydrogen) atoms. The molecule has 128 valence electrons. The molecular formula is C19H31N3O. The van der Waals surface area contributed by atoms with E-state index in [4.69, 9.17) is 4.74 Å². The summed E-state index contributed by atoms with van der Waals surface area (Å²) in [5, 5.41) is 6.82. The van der Waals surface area contributed by atoms with Crippen LogP contribution in [-0.2, 0) is 4.74 Å². The fraction of sp³-hybridized carbons (Fsp3) is 0.632. The van der Waals surface area contributed by atoms with Crippen LogP contribution in [0.4, 0.5) is 0 Å². The maximum absolute atomic E-state index is 5.58. The molecule has 0 amide bonds. The molecule has 0 heterocycles. The molecule has 0 radical (unpaired) electrons. The van der Waals surface area contributed by atoms with Gasteiger partial charge in [-0.15, -0.1) is 0 Å². The minimum Gasteiger partial charge on any atom is -0.379 e. The third kappa shape index (κ3) is 5.24. The van der Waals surface area contributed by atoms with Gasteiger partial charge >= 0.3 is 0 Å². The lowest BCUT2D eigenvalue weighted by atomic mass is 9.89. The van der Waals surface area contributed by atoms with Crippen molar-refractivity contribution >= 4 is 5.96 Å². The molecule has 3 atom stereocenters. The maximum Gasteiger partial charge on any atom is 0.191 e. The number of aliphatic imine (C=N–C) groups is 1. The van der Waals surface area contributed by atoms with Gasteiger partial charge < -0.3 is 15.4 Å². The van der Waals surface area contributed by atoms with Crippen LogP contribution >= 0.6 is 0 Å². The van der Waals surface area contributed by atoms with Crippen molar-refractivity contribution in [2.45, 2.75) is 39.2 Å². The normalized spacial score (nSPS) is 22.6. The van der Waals surface area contributed by atoms with Gasteiger partial charge in [-0.25, -0.2) is 0 Å². The van der Waals surface area contributed by atoms with Crippen LogP contribution in [0.5, 0.6) is 0 Å². The van der Waals surface area contributed by atoms with Crippen molar-refractivity contribution in [1.82, 2.24) is 10.6 Å². The predicted molar refractivity (Wildman–Crippen MR) is 96.9 cm³/mol. The molecule has 2 rings (SSSR count). The molecule has 0 aromatic heterocycles. The minimum atomic E-state index is 0.107. The van der Waals surface area contributed by atoms with Crippen LogP contribution in [-0.4, -0.2) is 39.3 Å².